The van der Waals surface area contributed by atoms with E-state index in [1.807, 2.05) is 0 Å². The molecule has 2 aliphatic rings. The van der Waals surface area contributed by atoms with Crippen molar-refractivity contribution in [3.63, 3.8) is 0 Å². The molecule has 0 radical (unpaired) electrons. The number of aryl methyl sites for hydroxylation is 1. The van der Waals surface area contributed by atoms with Gasteiger partial charge in [-0.25, -0.2) is 4.39 Å². The topological polar surface area (TPSA) is 72.0 Å². The molecule has 0 aliphatic carbocycles. The molecule has 0 unspecified atom stereocenters. The Bertz CT molecular complexity index is 1230. The van der Waals surface area contributed by atoms with Gasteiger partial charge in [0.15, 0.2) is 5.82 Å². The van der Waals surface area contributed by atoms with Gasteiger partial charge in [0.05, 0.1) is 28.8 Å². The molecule has 1 amide bonds. The standard InChI is InChI=1S/C22H17ClF7N3O3/c1-10-4-11(2-3-14(10)19(34)32-13-7-31-8-13)17-9-35-20(36-33-17,22(28,29)30)15-5-12(21(25,26)27)6-16(23)18(15)24/h2-6,13,31H,7-9H2,1H3,(H,32,34)/t20-/m1/s1. The van der Waals surface area contributed by atoms with Gasteiger partial charge in [-0.3, -0.25) is 4.79 Å². The van der Waals surface area contributed by atoms with E-state index in [0.717, 1.165) is 0 Å². The summed E-state index contributed by atoms with van der Waals surface area (Å²) in [5, 5.41) is 8.03. The second kappa shape index (κ2) is 9.20. The summed E-state index contributed by atoms with van der Waals surface area (Å²) in [6.45, 7) is 1.97. The van der Waals surface area contributed by atoms with Crippen molar-refractivity contribution in [1.82, 2.24) is 10.6 Å². The molecule has 2 aromatic rings. The molecule has 2 N–H and O–H groups in total. The Hall–Kier alpha value is -2.90. The molecule has 6 nitrogen and oxygen atoms in total. The summed E-state index contributed by atoms with van der Waals surface area (Å²) >= 11 is 5.46. The van der Waals surface area contributed by atoms with Gasteiger partial charge in [-0.1, -0.05) is 22.8 Å². The Balaban J connectivity index is 1.66. The van der Waals surface area contributed by atoms with Crippen molar-refractivity contribution in [3.8, 4) is 0 Å². The highest BCUT2D eigenvalue weighted by Gasteiger charge is 2.64. The Labute approximate surface area is 204 Å². The molecule has 1 saturated heterocycles. The smallest absolute Gasteiger partial charge is 0.347 e. The zero-order valence-electron chi connectivity index (χ0n) is 18.3. The van der Waals surface area contributed by atoms with Gasteiger partial charge in [0.1, 0.15) is 5.71 Å². The molecule has 14 heteroatoms. The predicted molar refractivity (Wildman–Crippen MR) is 113 cm³/mol. The van der Waals surface area contributed by atoms with Crippen LogP contribution in [0.15, 0.2) is 35.5 Å². The number of alkyl halides is 6. The van der Waals surface area contributed by atoms with Crippen LogP contribution in [0.2, 0.25) is 5.02 Å². The number of halogens is 8. The third-order valence-corrected chi connectivity index (χ3v) is 5.98. The first-order valence-corrected chi connectivity index (χ1v) is 10.8. The lowest BCUT2D eigenvalue weighted by molar-refractivity contribution is -0.395. The van der Waals surface area contributed by atoms with Gasteiger partial charge in [0.2, 0.25) is 0 Å². The Morgan fingerprint density at radius 3 is 2.36 bits per heavy atom. The van der Waals surface area contributed by atoms with Crippen molar-refractivity contribution < 1.29 is 45.1 Å². The van der Waals surface area contributed by atoms with Crippen LogP contribution in [-0.4, -0.2) is 43.5 Å². The van der Waals surface area contributed by atoms with E-state index in [1.54, 1.807) is 6.92 Å². The van der Waals surface area contributed by atoms with Crippen LogP contribution in [0.5, 0.6) is 0 Å². The fourth-order valence-corrected chi connectivity index (χ4v) is 3.85. The summed E-state index contributed by atoms with van der Waals surface area (Å²) in [5.41, 5.74) is -2.38. The van der Waals surface area contributed by atoms with Gasteiger partial charge >= 0.3 is 18.1 Å². The maximum atomic E-state index is 14.6. The number of rotatable bonds is 4. The van der Waals surface area contributed by atoms with Crippen molar-refractivity contribution in [1.29, 1.82) is 0 Å². The van der Waals surface area contributed by atoms with Crippen LogP contribution in [0.4, 0.5) is 30.7 Å². The van der Waals surface area contributed by atoms with Crippen molar-refractivity contribution in [3.05, 3.63) is 69.0 Å². The minimum atomic E-state index is -5.54. The van der Waals surface area contributed by atoms with Crippen LogP contribution in [0.25, 0.3) is 0 Å². The molecule has 36 heavy (non-hydrogen) atoms. The van der Waals surface area contributed by atoms with Gasteiger partial charge in [-0.2, -0.15) is 26.3 Å². The van der Waals surface area contributed by atoms with E-state index >= 15 is 0 Å². The van der Waals surface area contributed by atoms with E-state index < -0.39 is 46.7 Å². The van der Waals surface area contributed by atoms with Crippen LogP contribution < -0.4 is 10.6 Å². The SMILES string of the molecule is Cc1cc(C2=NO[C@](c3cc(C(F)(F)F)cc(Cl)c3F)(C(F)(F)F)OC2)ccc1C(=O)NC1CNC1. The lowest BCUT2D eigenvalue weighted by Gasteiger charge is -2.36. The maximum Gasteiger partial charge on any atom is 0.463 e. The number of carbonyl (C=O) groups is 1. The second-order valence-corrected chi connectivity index (χ2v) is 8.62. The van der Waals surface area contributed by atoms with Crippen LogP contribution >= 0.6 is 11.6 Å². The Morgan fingerprint density at radius 2 is 1.86 bits per heavy atom. The number of nitrogens with zero attached hydrogens (tertiary/aromatic N) is 1. The number of carbonyl (C=O) groups excluding carboxylic acids is 1. The number of amides is 1. The summed E-state index contributed by atoms with van der Waals surface area (Å²) in [5.74, 6) is -6.11. The van der Waals surface area contributed by atoms with E-state index in [4.69, 9.17) is 16.3 Å². The highest BCUT2D eigenvalue weighted by atomic mass is 35.5. The molecule has 4 rings (SSSR count). The molecule has 0 bridgehead atoms. The number of oxime groups is 1. The number of ether oxygens (including phenoxy) is 1. The first kappa shape index (κ1) is 26.2. The Morgan fingerprint density at radius 1 is 1.17 bits per heavy atom. The van der Waals surface area contributed by atoms with Gasteiger partial charge in [-0.05, 0) is 36.8 Å². The van der Waals surface area contributed by atoms with E-state index in [9.17, 15) is 35.5 Å². The lowest BCUT2D eigenvalue weighted by atomic mass is 9.99. The molecule has 0 saturated carbocycles. The number of hydrogen-bond donors (Lipinski definition) is 2. The summed E-state index contributed by atoms with van der Waals surface area (Å²) < 4.78 is 101. The van der Waals surface area contributed by atoms with Crippen molar-refractivity contribution >= 4 is 23.2 Å². The first-order chi connectivity index (χ1) is 16.7. The fraction of sp³-hybridized carbons (Fsp3) is 0.364. The summed E-state index contributed by atoms with van der Waals surface area (Å²) in [6.07, 6.45) is -10.7. The zero-order chi connectivity index (χ0) is 26.5. The molecule has 2 heterocycles. The van der Waals surface area contributed by atoms with Gasteiger partial charge < -0.3 is 20.2 Å². The molecule has 1 atom stereocenters. The van der Waals surface area contributed by atoms with E-state index in [0.29, 0.717) is 24.2 Å². The Kier molecular flexibility index (Phi) is 6.69. The van der Waals surface area contributed by atoms with Crippen molar-refractivity contribution in [2.45, 2.75) is 31.1 Å². The van der Waals surface area contributed by atoms with Gasteiger partial charge in [-0.15, -0.1) is 0 Å². The maximum absolute atomic E-state index is 14.6. The summed E-state index contributed by atoms with van der Waals surface area (Å²) in [7, 11) is 0. The average molecular weight is 540 g/mol. The third kappa shape index (κ3) is 4.74. The largest absolute Gasteiger partial charge is 0.463 e. The van der Waals surface area contributed by atoms with Crippen molar-refractivity contribution in [2.24, 2.45) is 5.16 Å². The molecule has 0 spiro atoms. The third-order valence-electron chi connectivity index (χ3n) is 5.70. The molecule has 1 fully saturated rings. The number of benzene rings is 2. The quantitative estimate of drug-likeness (QED) is 0.554. The molecule has 2 aromatic carbocycles. The minimum absolute atomic E-state index is 0.0127. The van der Waals surface area contributed by atoms with Crippen LogP contribution in [0.3, 0.4) is 0 Å². The van der Waals surface area contributed by atoms with Crippen molar-refractivity contribution in [2.75, 3.05) is 19.7 Å². The van der Waals surface area contributed by atoms with Crippen LogP contribution in [0, 0.1) is 12.7 Å². The molecule has 194 valence electrons. The molecule has 0 aromatic heterocycles. The summed E-state index contributed by atoms with van der Waals surface area (Å²) in [6, 6.07) is 4.36. The lowest BCUT2D eigenvalue weighted by Crippen LogP contribution is -2.57. The fourth-order valence-electron chi connectivity index (χ4n) is 3.64. The predicted octanol–water partition coefficient (Wildman–Crippen LogP) is 4.67. The second-order valence-electron chi connectivity index (χ2n) is 8.21. The molecule has 2 aliphatic heterocycles. The monoisotopic (exact) mass is 539 g/mol. The molecular weight excluding hydrogens is 523 g/mol. The first-order valence-electron chi connectivity index (χ1n) is 10.4. The number of hydrogen-bond acceptors (Lipinski definition) is 5. The van der Waals surface area contributed by atoms with Crippen LogP contribution in [-0.2, 0) is 21.5 Å². The highest BCUT2D eigenvalue weighted by molar-refractivity contribution is 6.30. The number of nitrogens with one attached hydrogen (secondary N) is 2. The zero-order valence-corrected chi connectivity index (χ0v) is 19.0. The van der Waals surface area contributed by atoms with Gasteiger partial charge in [0, 0.05) is 24.2 Å². The highest BCUT2D eigenvalue weighted by Crippen LogP contribution is 2.48. The minimum Gasteiger partial charge on any atom is -0.347 e. The summed E-state index contributed by atoms with van der Waals surface area (Å²) in [4.78, 5) is 17.0. The van der Waals surface area contributed by atoms with E-state index in [2.05, 4.69) is 20.6 Å². The normalized spacial score (nSPS) is 20.9. The van der Waals surface area contributed by atoms with E-state index in [-0.39, 0.29) is 35.4 Å². The van der Waals surface area contributed by atoms with E-state index in [1.165, 1.54) is 18.2 Å². The van der Waals surface area contributed by atoms with Crippen LogP contribution in [0.1, 0.15) is 32.6 Å². The molecular formula is C22H17ClF7N3O3. The average Bonchev–Trinajstić information content (AvgIpc) is 2.76. The van der Waals surface area contributed by atoms with Gasteiger partial charge in [0.25, 0.3) is 5.91 Å².